The van der Waals surface area contributed by atoms with Crippen molar-refractivity contribution in [1.29, 1.82) is 5.26 Å². The molecule has 0 saturated heterocycles. The molecule has 4 aromatic rings. The Bertz CT molecular complexity index is 1610. The molecular formula is C25H23N5O4S2. The number of anilines is 1. The van der Waals surface area contributed by atoms with E-state index in [4.69, 9.17) is 4.74 Å². The highest BCUT2D eigenvalue weighted by Gasteiger charge is 2.18. The van der Waals surface area contributed by atoms with E-state index in [1.165, 1.54) is 6.08 Å². The summed E-state index contributed by atoms with van der Waals surface area (Å²) in [6, 6.07) is 15.6. The number of nitrogens with one attached hydrogen (secondary N) is 1. The average molecular weight is 522 g/mol. The van der Waals surface area contributed by atoms with Crippen molar-refractivity contribution in [2.75, 3.05) is 18.2 Å². The third-order valence-corrected chi connectivity index (χ3v) is 7.92. The van der Waals surface area contributed by atoms with Gasteiger partial charge in [0.2, 0.25) is 19.3 Å². The van der Waals surface area contributed by atoms with Crippen LogP contribution in [0.2, 0.25) is 0 Å². The van der Waals surface area contributed by atoms with E-state index >= 15 is 0 Å². The van der Waals surface area contributed by atoms with Crippen LogP contribution in [-0.2, 0) is 21.2 Å². The highest BCUT2D eigenvalue weighted by Crippen LogP contribution is 2.26. The summed E-state index contributed by atoms with van der Waals surface area (Å²) in [4.78, 5) is 12.7. The summed E-state index contributed by atoms with van der Waals surface area (Å²) in [5.74, 6) is 0.164. The second kappa shape index (κ2) is 10.3. The van der Waals surface area contributed by atoms with Crippen LogP contribution in [0.4, 0.5) is 5.13 Å². The number of hydrogen-bond donors (Lipinski definition) is 1. The number of benzene rings is 2. The van der Waals surface area contributed by atoms with Gasteiger partial charge in [0.25, 0.3) is 5.91 Å². The Kier molecular flexibility index (Phi) is 7.19. The number of carbonyl (C=O) groups excluding carboxylic acids is 1. The van der Waals surface area contributed by atoms with Crippen molar-refractivity contribution < 1.29 is 17.9 Å². The van der Waals surface area contributed by atoms with Crippen molar-refractivity contribution in [1.82, 2.24) is 14.8 Å². The lowest BCUT2D eigenvalue weighted by Gasteiger charge is -2.12. The van der Waals surface area contributed by atoms with Crippen molar-refractivity contribution in [2.24, 2.45) is 0 Å². The van der Waals surface area contributed by atoms with Gasteiger partial charge in [-0.2, -0.15) is 5.26 Å². The Labute approximate surface area is 212 Å². The number of amides is 1. The lowest BCUT2D eigenvalue weighted by molar-refractivity contribution is -0.112. The molecule has 0 aliphatic heterocycles. The number of hydrogen-bond acceptors (Lipinski definition) is 8. The maximum atomic E-state index is 12.7. The van der Waals surface area contributed by atoms with Gasteiger partial charge < -0.3 is 9.30 Å². The number of rotatable bonds is 8. The topological polar surface area (TPSA) is 127 Å². The van der Waals surface area contributed by atoms with Crippen molar-refractivity contribution in [3.8, 4) is 11.8 Å². The summed E-state index contributed by atoms with van der Waals surface area (Å²) in [5.41, 5.74) is 3.62. The SMILES string of the molecule is Cc1cccc(C)c1OCCn1cc(C=C(C#N)C(=O)Nc2nnc(S(C)(=O)=O)s2)c2ccccc21. The molecule has 0 atom stereocenters. The molecule has 0 saturated carbocycles. The fourth-order valence-electron chi connectivity index (χ4n) is 3.73. The summed E-state index contributed by atoms with van der Waals surface area (Å²) in [5, 5.41) is 20.2. The van der Waals surface area contributed by atoms with E-state index in [9.17, 15) is 18.5 Å². The van der Waals surface area contributed by atoms with Gasteiger partial charge in [-0.3, -0.25) is 10.1 Å². The molecule has 0 aliphatic rings. The zero-order valence-electron chi connectivity index (χ0n) is 19.8. The zero-order valence-corrected chi connectivity index (χ0v) is 21.5. The molecule has 11 heteroatoms. The summed E-state index contributed by atoms with van der Waals surface area (Å²) >= 11 is 0.721. The molecule has 4 rings (SSSR count). The molecule has 0 aliphatic carbocycles. The molecule has 1 amide bonds. The Hall–Kier alpha value is -4.01. The van der Waals surface area contributed by atoms with E-state index in [0.717, 1.165) is 45.4 Å². The Morgan fingerprint density at radius 3 is 2.56 bits per heavy atom. The van der Waals surface area contributed by atoms with E-state index in [0.29, 0.717) is 18.7 Å². The predicted molar refractivity (Wildman–Crippen MR) is 139 cm³/mol. The molecule has 1 N–H and O–H groups in total. The van der Waals surface area contributed by atoms with Crippen LogP contribution in [-0.4, -0.2) is 42.0 Å². The van der Waals surface area contributed by atoms with Crippen molar-refractivity contribution in [3.63, 3.8) is 0 Å². The molecule has 0 spiro atoms. The molecule has 2 aromatic carbocycles. The van der Waals surface area contributed by atoms with Crippen LogP contribution >= 0.6 is 11.3 Å². The van der Waals surface area contributed by atoms with Crippen LogP contribution in [0, 0.1) is 25.2 Å². The number of aryl methyl sites for hydroxylation is 2. The molecule has 36 heavy (non-hydrogen) atoms. The summed E-state index contributed by atoms with van der Waals surface area (Å²) in [6.07, 6.45) is 4.37. The van der Waals surface area contributed by atoms with Crippen LogP contribution < -0.4 is 10.1 Å². The minimum absolute atomic E-state index is 0.00680. The average Bonchev–Trinajstić information content (AvgIpc) is 3.44. The number of aromatic nitrogens is 3. The number of carbonyl (C=O) groups is 1. The van der Waals surface area contributed by atoms with Crippen LogP contribution in [0.1, 0.15) is 16.7 Å². The van der Waals surface area contributed by atoms with Gasteiger partial charge in [-0.25, -0.2) is 8.42 Å². The Morgan fingerprint density at radius 2 is 1.89 bits per heavy atom. The van der Waals surface area contributed by atoms with E-state index in [1.54, 1.807) is 0 Å². The van der Waals surface area contributed by atoms with Crippen molar-refractivity contribution in [2.45, 2.75) is 24.7 Å². The number of nitrogens with zero attached hydrogens (tertiary/aromatic N) is 4. The predicted octanol–water partition coefficient (Wildman–Crippen LogP) is 4.14. The number of fused-ring (bicyclic) bond motifs is 1. The van der Waals surface area contributed by atoms with Crippen LogP contribution in [0.15, 0.2) is 58.6 Å². The molecule has 184 valence electrons. The number of para-hydroxylation sites is 2. The number of nitriles is 1. The molecule has 0 unspecified atom stereocenters. The lowest BCUT2D eigenvalue weighted by atomic mass is 10.1. The molecule has 2 aromatic heterocycles. The van der Waals surface area contributed by atoms with Gasteiger partial charge >= 0.3 is 0 Å². The first-order chi connectivity index (χ1) is 17.2. The smallest absolute Gasteiger partial charge is 0.268 e. The van der Waals surface area contributed by atoms with E-state index in [2.05, 4.69) is 15.5 Å². The van der Waals surface area contributed by atoms with E-state index in [-0.39, 0.29) is 15.0 Å². The number of sulfone groups is 1. The van der Waals surface area contributed by atoms with Crippen molar-refractivity contribution >= 4 is 49.2 Å². The Morgan fingerprint density at radius 1 is 1.17 bits per heavy atom. The monoisotopic (exact) mass is 521 g/mol. The van der Waals surface area contributed by atoms with Crippen LogP contribution in [0.5, 0.6) is 5.75 Å². The molecular weight excluding hydrogens is 498 g/mol. The van der Waals surface area contributed by atoms with Gasteiger partial charge in [0.15, 0.2) is 0 Å². The van der Waals surface area contributed by atoms with Gasteiger partial charge in [0.05, 0.1) is 6.54 Å². The third kappa shape index (κ3) is 5.45. The minimum atomic E-state index is -3.54. The van der Waals surface area contributed by atoms with Gasteiger partial charge in [-0.15, -0.1) is 10.2 Å². The second-order valence-corrected chi connectivity index (χ2v) is 11.3. The van der Waals surface area contributed by atoms with Crippen LogP contribution in [0.25, 0.3) is 17.0 Å². The fourth-order valence-corrected chi connectivity index (χ4v) is 5.23. The van der Waals surface area contributed by atoms with Gasteiger partial charge in [-0.05, 0) is 37.1 Å². The summed E-state index contributed by atoms with van der Waals surface area (Å²) in [7, 11) is -3.54. The molecule has 0 bridgehead atoms. The van der Waals surface area contributed by atoms with E-state index in [1.807, 2.05) is 73.1 Å². The first-order valence-electron chi connectivity index (χ1n) is 10.9. The van der Waals surface area contributed by atoms with Crippen LogP contribution in [0.3, 0.4) is 0 Å². The highest BCUT2D eigenvalue weighted by atomic mass is 32.2. The first-order valence-corrected chi connectivity index (χ1v) is 13.6. The maximum absolute atomic E-state index is 12.7. The van der Waals surface area contributed by atoms with Gasteiger partial charge in [-0.1, -0.05) is 47.7 Å². The largest absolute Gasteiger partial charge is 0.491 e. The van der Waals surface area contributed by atoms with Gasteiger partial charge in [0, 0.05) is 28.9 Å². The standard InChI is InChI=1S/C25H23N5O4S2/c1-16-7-6-8-17(2)22(16)34-12-11-30-15-19(20-9-4-5-10-21(20)30)13-18(14-26)23(31)27-24-28-29-25(35-24)36(3,32)33/h4-10,13,15H,11-12H2,1-3H3,(H,27,28,31). The summed E-state index contributed by atoms with van der Waals surface area (Å²) in [6.45, 7) is 5.02. The lowest BCUT2D eigenvalue weighted by Crippen LogP contribution is -2.13. The molecule has 0 radical (unpaired) electrons. The molecule has 0 fully saturated rings. The molecule has 9 nitrogen and oxygen atoms in total. The normalized spacial score (nSPS) is 11.9. The van der Waals surface area contributed by atoms with E-state index < -0.39 is 15.7 Å². The second-order valence-electron chi connectivity index (χ2n) is 8.13. The minimum Gasteiger partial charge on any atom is -0.491 e. The van der Waals surface area contributed by atoms with Crippen molar-refractivity contribution in [3.05, 3.63) is 70.9 Å². The molecule has 2 heterocycles. The number of ether oxygens (including phenoxy) is 1. The quantitative estimate of drug-likeness (QED) is 0.210. The summed E-state index contributed by atoms with van der Waals surface area (Å²) < 4.78 is 31.1. The zero-order chi connectivity index (χ0) is 25.9. The van der Waals surface area contributed by atoms with Gasteiger partial charge in [0.1, 0.15) is 24.0 Å². The maximum Gasteiger partial charge on any atom is 0.268 e. The first kappa shape index (κ1) is 25.1. The fraction of sp³-hybridized carbons (Fsp3) is 0.200. The Balaban J connectivity index is 1.56. The highest BCUT2D eigenvalue weighted by molar-refractivity contribution is 7.92. The third-order valence-electron chi connectivity index (χ3n) is 5.42.